The summed E-state index contributed by atoms with van der Waals surface area (Å²) in [5, 5.41) is 3.38. The molecule has 0 unspecified atom stereocenters. The number of rotatable bonds is 4. The molecule has 1 saturated heterocycles. The van der Waals surface area contributed by atoms with Crippen molar-refractivity contribution in [2.75, 3.05) is 40.0 Å². The normalized spacial score (nSPS) is 17.8. The van der Waals surface area contributed by atoms with Crippen LogP contribution in [-0.4, -0.2) is 68.3 Å². The van der Waals surface area contributed by atoms with Crippen molar-refractivity contribution in [3.63, 3.8) is 0 Å². The van der Waals surface area contributed by atoms with Gasteiger partial charge in [-0.05, 0) is 31.5 Å². The molecule has 0 aromatic heterocycles. The van der Waals surface area contributed by atoms with Gasteiger partial charge in [-0.1, -0.05) is 12.1 Å². The maximum atomic E-state index is 12.1. The average molecular weight is 512 g/mol. The largest absolute Gasteiger partial charge is 0.352 e. The molecule has 2 rings (SSSR count). The van der Waals surface area contributed by atoms with Crippen LogP contribution < -0.4 is 5.32 Å². The van der Waals surface area contributed by atoms with Crippen LogP contribution in [0.25, 0.3) is 0 Å². The van der Waals surface area contributed by atoms with E-state index in [1.54, 1.807) is 19.2 Å². The maximum absolute atomic E-state index is 12.1. The highest BCUT2D eigenvalue weighted by atomic mass is 127. The third kappa shape index (κ3) is 6.00. The van der Waals surface area contributed by atoms with Crippen molar-refractivity contribution in [1.29, 1.82) is 0 Å². The third-order valence-corrected chi connectivity index (χ3v) is 7.22. The highest BCUT2D eigenvalue weighted by Gasteiger charge is 2.28. The summed E-state index contributed by atoms with van der Waals surface area (Å²) in [6.07, 6.45) is 0. The van der Waals surface area contributed by atoms with Gasteiger partial charge in [-0.25, -0.2) is 12.7 Å². The summed E-state index contributed by atoms with van der Waals surface area (Å²) < 4.78 is 25.7. The summed E-state index contributed by atoms with van der Waals surface area (Å²) in [6.45, 7) is 7.05. The Morgan fingerprint density at radius 1 is 1.31 bits per heavy atom. The minimum Gasteiger partial charge on any atom is -0.352 e. The van der Waals surface area contributed by atoms with Crippen molar-refractivity contribution >= 4 is 51.7 Å². The first-order valence-electron chi connectivity index (χ1n) is 8.27. The van der Waals surface area contributed by atoms with Crippen molar-refractivity contribution in [3.05, 3.63) is 29.8 Å². The van der Waals surface area contributed by atoms with Gasteiger partial charge in [0.15, 0.2) is 5.96 Å². The summed E-state index contributed by atoms with van der Waals surface area (Å²) >= 11 is 1.99. The number of nitrogens with zero attached hydrogens (tertiary/aromatic N) is 3. The summed E-state index contributed by atoms with van der Waals surface area (Å²) in [5.41, 5.74) is 1.02. The molecule has 1 fully saturated rings. The molecule has 1 aliphatic rings. The standard InChI is InChI=1S/C17H28N4O2S2.HI/c1-17(2)13-21(10-11-24-17)16(18-3)19-12-14-6-8-15(9-7-14)25(22,23)20(4)5;/h6-9H,10-13H2,1-5H3,(H,18,19);1H. The van der Waals surface area contributed by atoms with Gasteiger partial charge in [-0.3, -0.25) is 4.99 Å². The van der Waals surface area contributed by atoms with Crippen LogP contribution in [0.5, 0.6) is 0 Å². The van der Waals surface area contributed by atoms with Gasteiger partial charge >= 0.3 is 0 Å². The van der Waals surface area contributed by atoms with Gasteiger partial charge in [-0.15, -0.1) is 24.0 Å². The number of halogens is 1. The molecular weight excluding hydrogens is 483 g/mol. The lowest BCUT2D eigenvalue weighted by Crippen LogP contribution is -2.50. The van der Waals surface area contributed by atoms with E-state index in [1.807, 2.05) is 23.9 Å². The number of benzene rings is 1. The van der Waals surface area contributed by atoms with Crippen molar-refractivity contribution in [3.8, 4) is 0 Å². The van der Waals surface area contributed by atoms with E-state index in [-0.39, 0.29) is 28.7 Å². The number of nitrogens with one attached hydrogen (secondary N) is 1. The molecule has 1 N–H and O–H groups in total. The number of thioether (sulfide) groups is 1. The minimum atomic E-state index is -3.38. The molecular formula is C17H29IN4O2S2. The molecule has 0 radical (unpaired) electrons. The zero-order valence-corrected chi connectivity index (χ0v) is 20.0. The molecule has 26 heavy (non-hydrogen) atoms. The fourth-order valence-electron chi connectivity index (χ4n) is 2.70. The van der Waals surface area contributed by atoms with Crippen molar-refractivity contribution < 1.29 is 8.42 Å². The first kappa shape index (κ1) is 23.5. The van der Waals surface area contributed by atoms with Crippen LogP contribution in [0.3, 0.4) is 0 Å². The predicted molar refractivity (Wildman–Crippen MR) is 121 cm³/mol. The third-order valence-electron chi connectivity index (χ3n) is 4.09. The monoisotopic (exact) mass is 512 g/mol. The molecule has 1 heterocycles. The van der Waals surface area contributed by atoms with E-state index in [4.69, 9.17) is 0 Å². The second kappa shape index (κ2) is 9.61. The quantitative estimate of drug-likeness (QED) is 0.382. The number of aliphatic imine (C=N–C) groups is 1. The molecule has 0 spiro atoms. The Balaban J connectivity index is 0.00000338. The Hall–Kier alpha value is -0.520. The van der Waals surface area contributed by atoms with Gasteiger partial charge in [-0.2, -0.15) is 11.8 Å². The Labute approximate surface area is 178 Å². The molecule has 6 nitrogen and oxygen atoms in total. The van der Waals surface area contributed by atoms with E-state index in [9.17, 15) is 8.42 Å². The molecule has 0 aliphatic carbocycles. The van der Waals surface area contributed by atoms with Crippen molar-refractivity contribution in [2.24, 2.45) is 4.99 Å². The molecule has 0 atom stereocenters. The zero-order chi connectivity index (χ0) is 18.7. The van der Waals surface area contributed by atoms with E-state index in [2.05, 4.69) is 29.1 Å². The smallest absolute Gasteiger partial charge is 0.242 e. The first-order valence-corrected chi connectivity index (χ1v) is 10.7. The van der Waals surface area contributed by atoms with Crippen LogP contribution in [-0.2, 0) is 16.6 Å². The van der Waals surface area contributed by atoms with E-state index in [0.717, 1.165) is 30.4 Å². The Bertz CT molecular complexity index is 719. The maximum Gasteiger partial charge on any atom is 0.242 e. The van der Waals surface area contributed by atoms with E-state index < -0.39 is 10.0 Å². The molecule has 9 heteroatoms. The Morgan fingerprint density at radius 3 is 2.42 bits per heavy atom. The van der Waals surface area contributed by atoms with Crippen LogP contribution in [0.4, 0.5) is 0 Å². The van der Waals surface area contributed by atoms with Gasteiger partial charge in [0.25, 0.3) is 0 Å². The summed E-state index contributed by atoms with van der Waals surface area (Å²) in [6, 6.07) is 6.98. The zero-order valence-electron chi connectivity index (χ0n) is 16.0. The lowest BCUT2D eigenvalue weighted by molar-refractivity contribution is 0.375. The minimum absolute atomic E-state index is 0. The predicted octanol–water partition coefficient (Wildman–Crippen LogP) is 2.46. The van der Waals surface area contributed by atoms with E-state index >= 15 is 0 Å². The number of guanidine groups is 1. The molecule has 1 aromatic carbocycles. The highest BCUT2D eigenvalue weighted by Crippen LogP contribution is 2.29. The summed E-state index contributed by atoms with van der Waals surface area (Å²) in [5.74, 6) is 1.98. The Morgan fingerprint density at radius 2 is 1.92 bits per heavy atom. The second-order valence-corrected chi connectivity index (χ2v) is 10.8. The number of hydrogen-bond acceptors (Lipinski definition) is 4. The van der Waals surface area contributed by atoms with Crippen molar-refractivity contribution in [1.82, 2.24) is 14.5 Å². The SMILES string of the molecule is CN=C(NCc1ccc(S(=O)(=O)N(C)C)cc1)N1CCSC(C)(C)C1.I. The summed E-state index contributed by atoms with van der Waals surface area (Å²) in [4.78, 5) is 6.98. The fourth-order valence-corrected chi connectivity index (χ4v) is 4.71. The van der Waals surface area contributed by atoms with Crippen molar-refractivity contribution in [2.45, 2.75) is 30.0 Å². The highest BCUT2D eigenvalue weighted by molar-refractivity contribution is 14.0. The van der Waals surface area contributed by atoms with Crippen LogP contribution in [0.15, 0.2) is 34.2 Å². The Kier molecular flexibility index (Phi) is 8.69. The molecule has 1 aromatic rings. The van der Waals surface area contributed by atoms with Gasteiger partial charge in [0.05, 0.1) is 4.90 Å². The summed E-state index contributed by atoms with van der Waals surface area (Å²) in [7, 11) is 1.48. The molecule has 0 amide bonds. The molecule has 0 bridgehead atoms. The topological polar surface area (TPSA) is 65.0 Å². The second-order valence-electron chi connectivity index (χ2n) is 6.86. The van der Waals surface area contributed by atoms with Gasteiger partial charge in [0.2, 0.25) is 10.0 Å². The average Bonchev–Trinajstić information content (AvgIpc) is 2.55. The fraction of sp³-hybridized carbons (Fsp3) is 0.588. The van der Waals surface area contributed by atoms with Crippen LogP contribution in [0.2, 0.25) is 0 Å². The molecule has 148 valence electrons. The van der Waals surface area contributed by atoms with Gasteiger partial charge in [0, 0.05) is 51.3 Å². The van der Waals surface area contributed by atoms with Gasteiger partial charge < -0.3 is 10.2 Å². The molecule has 0 saturated carbocycles. The van der Waals surface area contributed by atoms with E-state index in [1.165, 1.54) is 18.4 Å². The van der Waals surface area contributed by atoms with Crippen LogP contribution >= 0.6 is 35.7 Å². The van der Waals surface area contributed by atoms with Gasteiger partial charge in [0.1, 0.15) is 0 Å². The van der Waals surface area contributed by atoms with E-state index in [0.29, 0.717) is 11.4 Å². The number of sulfonamides is 1. The lowest BCUT2D eigenvalue weighted by atomic mass is 10.2. The van der Waals surface area contributed by atoms with Crippen LogP contribution in [0, 0.1) is 0 Å². The lowest BCUT2D eigenvalue weighted by Gasteiger charge is -2.39. The molecule has 1 aliphatic heterocycles. The van der Waals surface area contributed by atoms with Crippen LogP contribution in [0.1, 0.15) is 19.4 Å². The number of hydrogen-bond donors (Lipinski definition) is 1. The first-order chi connectivity index (χ1) is 11.7.